The highest BCUT2D eigenvalue weighted by molar-refractivity contribution is 7.99. The zero-order chi connectivity index (χ0) is 18.2. The molecular weight excluding hydrogens is 338 g/mol. The summed E-state index contributed by atoms with van der Waals surface area (Å²) in [7, 11) is 0. The van der Waals surface area contributed by atoms with Crippen LogP contribution in [0.4, 0.5) is 0 Å². The van der Waals surface area contributed by atoms with Crippen LogP contribution in [-0.2, 0) is 5.41 Å². The van der Waals surface area contributed by atoms with E-state index in [1.807, 2.05) is 52.0 Å². The van der Waals surface area contributed by atoms with Crippen LogP contribution in [0.3, 0.4) is 0 Å². The first kappa shape index (κ1) is 17.3. The topological polar surface area (TPSA) is 93.0 Å². The van der Waals surface area contributed by atoms with E-state index in [-0.39, 0.29) is 22.9 Å². The SMILES string of the molecule is Cc1ccc(C(=O)CSc2nnc3[nH]c(=O)c(C(C)(C)C)nn23)cc1. The predicted octanol–water partition coefficient (Wildman–Crippen LogP) is 2.39. The number of carbonyl (C=O) groups is 1. The number of aryl methyl sites for hydroxylation is 1. The molecule has 1 N–H and O–H groups in total. The second-order valence-corrected chi connectivity index (χ2v) is 7.79. The largest absolute Gasteiger partial charge is 0.293 e. The molecule has 0 fully saturated rings. The molecule has 130 valence electrons. The normalized spacial score (nSPS) is 11.8. The van der Waals surface area contributed by atoms with Gasteiger partial charge in [-0.2, -0.15) is 9.61 Å². The van der Waals surface area contributed by atoms with E-state index < -0.39 is 5.41 Å². The number of H-pyrrole nitrogens is 1. The van der Waals surface area contributed by atoms with Gasteiger partial charge in [-0.05, 0) is 6.92 Å². The van der Waals surface area contributed by atoms with Crippen molar-refractivity contribution in [2.24, 2.45) is 0 Å². The summed E-state index contributed by atoms with van der Waals surface area (Å²) in [6.07, 6.45) is 0. The average Bonchev–Trinajstić information content (AvgIpc) is 2.93. The van der Waals surface area contributed by atoms with Gasteiger partial charge in [-0.15, -0.1) is 10.2 Å². The zero-order valence-corrected chi connectivity index (χ0v) is 15.3. The number of rotatable bonds is 4. The van der Waals surface area contributed by atoms with Gasteiger partial charge in [0.25, 0.3) is 11.3 Å². The van der Waals surface area contributed by atoms with Crippen LogP contribution in [0.15, 0.2) is 34.2 Å². The van der Waals surface area contributed by atoms with Gasteiger partial charge in [0.15, 0.2) is 5.78 Å². The minimum absolute atomic E-state index is 0.00206. The zero-order valence-electron chi connectivity index (χ0n) is 14.5. The first-order chi connectivity index (χ1) is 11.8. The van der Waals surface area contributed by atoms with Crippen LogP contribution in [0.5, 0.6) is 0 Å². The first-order valence-electron chi connectivity index (χ1n) is 7.84. The maximum Gasteiger partial charge on any atom is 0.274 e. The molecule has 8 heteroatoms. The fraction of sp³-hybridized carbons (Fsp3) is 0.353. The Morgan fingerprint density at radius 1 is 1.20 bits per heavy atom. The molecular formula is C17H19N5O2S. The van der Waals surface area contributed by atoms with Gasteiger partial charge in [-0.25, -0.2) is 0 Å². The highest BCUT2D eigenvalue weighted by Crippen LogP contribution is 2.19. The van der Waals surface area contributed by atoms with E-state index in [1.165, 1.54) is 16.3 Å². The molecule has 0 bridgehead atoms. The second kappa shape index (κ2) is 6.44. The molecule has 0 unspecified atom stereocenters. The maximum absolute atomic E-state index is 12.3. The summed E-state index contributed by atoms with van der Waals surface area (Å²) >= 11 is 1.24. The highest BCUT2D eigenvalue weighted by Gasteiger charge is 2.22. The molecule has 0 saturated heterocycles. The number of hydrogen-bond acceptors (Lipinski definition) is 6. The molecule has 0 saturated carbocycles. The van der Waals surface area contributed by atoms with Crippen LogP contribution in [0.2, 0.25) is 0 Å². The van der Waals surface area contributed by atoms with E-state index in [1.54, 1.807) is 0 Å². The number of hydrogen-bond donors (Lipinski definition) is 1. The van der Waals surface area contributed by atoms with Gasteiger partial charge in [-0.3, -0.25) is 14.6 Å². The quantitative estimate of drug-likeness (QED) is 0.569. The number of thioether (sulfide) groups is 1. The van der Waals surface area contributed by atoms with Crippen molar-refractivity contribution in [3.63, 3.8) is 0 Å². The Kier molecular flexibility index (Phi) is 4.47. The lowest BCUT2D eigenvalue weighted by Crippen LogP contribution is -2.28. The standard InChI is InChI=1S/C17H19N5O2S/c1-10-5-7-11(8-6-10)12(23)9-25-16-20-19-15-18-14(24)13(17(2,3)4)21-22(15)16/h5-8H,9H2,1-4H3,(H,18,19,24). The van der Waals surface area contributed by atoms with Gasteiger partial charge >= 0.3 is 0 Å². The Balaban J connectivity index is 1.85. The smallest absolute Gasteiger partial charge is 0.274 e. The number of nitrogens with zero attached hydrogens (tertiary/aromatic N) is 4. The van der Waals surface area contributed by atoms with E-state index in [0.29, 0.717) is 16.4 Å². The summed E-state index contributed by atoms with van der Waals surface area (Å²) in [5, 5.41) is 12.8. The molecule has 2 aromatic heterocycles. The third kappa shape index (κ3) is 3.63. The van der Waals surface area contributed by atoms with Crippen LogP contribution in [-0.4, -0.2) is 36.3 Å². The number of benzene rings is 1. The number of nitrogens with one attached hydrogen (secondary N) is 1. The van der Waals surface area contributed by atoms with Crippen molar-refractivity contribution >= 4 is 23.3 Å². The van der Waals surface area contributed by atoms with Crippen molar-refractivity contribution in [3.05, 3.63) is 51.4 Å². The number of aromatic amines is 1. The number of fused-ring (bicyclic) bond motifs is 1. The lowest BCUT2D eigenvalue weighted by Gasteiger charge is -2.15. The summed E-state index contributed by atoms with van der Waals surface area (Å²) in [5.41, 5.74) is 1.47. The molecule has 0 aliphatic rings. The summed E-state index contributed by atoms with van der Waals surface area (Å²) in [5.74, 6) is 0.487. The first-order valence-corrected chi connectivity index (χ1v) is 8.83. The molecule has 0 amide bonds. The highest BCUT2D eigenvalue weighted by atomic mass is 32.2. The minimum atomic E-state index is -0.411. The third-order valence-electron chi connectivity index (χ3n) is 3.67. The lowest BCUT2D eigenvalue weighted by atomic mass is 9.93. The Labute approximate surface area is 148 Å². The van der Waals surface area contributed by atoms with E-state index >= 15 is 0 Å². The fourth-order valence-electron chi connectivity index (χ4n) is 2.27. The van der Waals surface area contributed by atoms with Gasteiger partial charge in [0, 0.05) is 11.0 Å². The minimum Gasteiger partial charge on any atom is -0.293 e. The van der Waals surface area contributed by atoms with Crippen molar-refractivity contribution < 1.29 is 4.79 Å². The van der Waals surface area contributed by atoms with Crippen LogP contribution in [0.1, 0.15) is 42.4 Å². The average molecular weight is 357 g/mol. The summed E-state index contributed by atoms with van der Waals surface area (Å²) in [6, 6.07) is 7.44. The maximum atomic E-state index is 12.3. The van der Waals surface area contributed by atoms with Crippen molar-refractivity contribution in [3.8, 4) is 0 Å². The van der Waals surface area contributed by atoms with Crippen molar-refractivity contribution in [1.82, 2.24) is 24.8 Å². The summed E-state index contributed by atoms with van der Waals surface area (Å²) in [6.45, 7) is 7.71. The van der Waals surface area contributed by atoms with Gasteiger partial charge in [0.1, 0.15) is 5.69 Å². The molecule has 1 aromatic carbocycles. The molecule has 0 aliphatic heterocycles. The fourth-order valence-corrected chi connectivity index (χ4v) is 3.05. The number of aromatic nitrogens is 5. The number of ketones is 1. The van der Waals surface area contributed by atoms with Gasteiger partial charge in [-0.1, -0.05) is 62.4 Å². The van der Waals surface area contributed by atoms with Crippen LogP contribution < -0.4 is 5.56 Å². The van der Waals surface area contributed by atoms with E-state index in [2.05, 4.69) is 20.3 Å². The lowest BCUT2D eigenvalue weighted by molar-refractivity contribution is 0.102. The van der Waals surface area contributed by atoms with Gasteiger partial charge in [0.05, 0.1) is 5.75 Å². The molecule has 7 nitrogen and oxygen atoms in total. The van der Waals surface area contributed by atoms with Gasteiger partial charge < -0.3 is 0 Å². The molecule has 0 spiro atoms. The molecule has 2 heterocycles. The van der Waals surface area contributed by atoms with E-state index in [9.17, 15) is 9.59 Å². The van der Waals surface area contributed by atoms with Crippen LogP contribution >= 0.6 is 11.8 Å². The summed E-state index contributed by atoms with van der Waals surface area (Å²) in [4.78, 5) is 27.1. The monoisotopic (exact) mass is 357 g/mol. The Morgan fingerprint density at radius 2 is 1.88 bits per heavy atom. The molecule has 25 heavy (non-hydrogen) atoms. The molecule has 0 radical (unpaired) electrons. The van der Waals surface area contributed by atoms with E-state index in [4.69, 9.17) is 0 Å². The van der Waals surface area contributed by atoms with Crippen molar-refractivity contribution in [2.45, 2.75) is 38.3 Å². The third-order valence-corrected chi connectivity index (χ3v) is 4.59. The van der Waals surface area contributed by atoms with Crippen molar-refractivity contribution in [1.29, 1.82) is 0 Å². The Morgan fingerprint density at radius 3 is 2.52 bits per heavy atom. The van der Waals surface area contributed by atoms with Gasteiger partial charge in [0.2, 0.25) is 5.16 Å². The van der Waals surface area contributed by atoms with Crippen LogP contribution in [0, 0.1) is 6.92 Å². The Hall–Kier alpha value is -2.48. The van der Waals surface area contributed by atoms with E-state index in [0.717, 1.165) is 5.56 Å². The molecule has 0 atom stereocenters. The molecule has 0 aliphatic carbocycles. The molecule has 3 rings (SSSR count). The molecule has 3 aromatic rings. The number of carbonyl (C=O) groups excluding carboxylic acids is 1. The van der Waals surface area contributed by atoms with Crippen LogP contribution in [0.25, 0.3) is 5.78 Å². The predicted molar refractivity (Wildman–Crippen MR) is 96.3 cm³/mol. The Bertz CT molecular complexity index is 983. The summed E-state index contributed by atoms with van der Waals surface area (Å²) < 4.78 is 1.48. The van der Waals surface area contributed by atoms with Crippen molar-refractivity contribution in [2.75, 3.05) is 5.75 Å². The second-order valence-electron chi connectivity index (χ2n) is 6.85. The number of Topliss-reactive ketones (excluding diaryl/α,β-unsaturated/α-hetero) is 1.